The van der Waals surface area contributed by atoms with Crippen LogP contribution in [0.1, 0.15) is 70.7 Å². The molecule has 0 aliphatic carbocycles. The number of nitrogens with one attached hydrogen (secondary N) is 1. The molecule has 4 nitrogen and oxygen atoms in total. The standard InChI is InChI=1S/C16H28N2O2/c1-6-7-10-14(19)17-11-8-9-13-12(2)18-15(20-13)16(3,4)5/h6-11H2,1-5H3,(H,17,19). The molecule has 1 rings (SSSR count). The lowest BCUT2D eigenvalue weighted by Crippen LogP contribution is -2.24. The summed E-state index contributed by atoms with van der Waals surface area (Å²) in [4.78, 5) is 16.0. The summed E-state index contributed by atoms with van der Waals surface area (Å²) in [5.41, 5.74) is 0.907. The smallest absolute Gasteiger partial charge is 0.219 e. The van der Waals surface area contributed by atoms with Gasteiger partial charge >= 0.3 is 0 Å². The van der Waals surface area contributed by atoms with E-state index in [2.05, 4.69) is 38.0 Å². The molecular weight excluding hydrogens is 252 g/mol. The van der Waals surface area contributed by atoms with Gasteiger partial charge in [-0.25, -0.2) is 4.98 Å². The predicted molar refractivity (Wildman–Crippen MR) is 80.8 cm³/mol. The van der Waals surface area contributed by atoms with Crippen LogP contribution >= 0.6 is 0 Å². The zero-order valence-corrected chi connectivity index (χ0v) is 13.5. The van der Waals surface area contributed by atoms with Crippen LogP contribution in [0.4, 0.5) is 0 Å². The van der Waals surface area contributed by atoms with Crippen molar-refractivity contribution in [3.8, 4) is 0 Å². The summed E-state index contributed by atoms with van der Waals surface area (Å²) in [5.74, 6) is 1.88. The minimum atomic E-state index is -0.0582. The van der Waals surface area contributed by atoms with Crippen molar-refractivity contribution in [3.05, 3.63) is 17.3 Å². The Bertz CT molecular complexity index is 430. The number of hydrogen-bond acceptors (Lipinski definition) is 3. The van der Waals surface area contributed by atoms with Gasteiger partial charge in [-0.05, 0) is 19.8 Å². The molecule has 20 heavy (non-hydrogen) atoms. The van der Waals surface area contributed by atoms with Gasteiger partial charge < -0.3 is 9.73 Å². The number of carbonyl (C=O) groups excluding carboxylic acids is 1. The van der Waals surface area contributed by atoms with Gasteiger partial charge in [0.15, 0.2) is 5.89 Å². The van der Waals surface area contributed by atoms with Gasteiger partial charge in [-0.3, -0.25) is 4.79 Å². The Morgan fingerprint density at radius 2 is 2.00 bits per heavy atom. The topological polar surface area (TPSA) is 55.1 Å². The molecule has 1 aromatic rings. The van der Waals surface area contributed by atoms with E-state index >= 15 is 0 Å². The molecule has 0 spiro atoms. The van der Waals surface area contributed by atoms with Crippen LogP contribution in [-0.4, -0.2) is 17.4 Å². The van der Waals surface area contributed by atoms with Crippen LogP contribution in [0.2, 0.25) is 0 Å². The number of carbonyl (C=O) groups is 1. The molecule has 114 valence electrons. The van der Waals surface area contributed by atoms with Crippen LogP contribution in [0.3, 0.4) is 0 Å². The van der Waals surface area contributed by atoms with Gasteiger partial charge in [-0.1, -0.05) is 34.1 Å². The number of oxazole rings is 1. The summed E-state index contributed by atoms with van der Waals surface area (Å²) in [6, 6.07) is 0. The number of nitrogens with zero attached hydrogens (tertiary/aromatic N) is 1. The zero-order chi connectivity index (χ0) is 15.2. The number of amides is 1. The van der Waals surface area contributed by atoms with E-state index < -0.39 is 0 Å². The third kappa shape index (κ3) is 5.35. The van der Waals surface area contributed by atoms with Crippen molar-refractivity contribution in [3.63, 3.8) is 0 Å². The lowest BCUT2D eigenvalue weighted by atomic mass is 9.97. The fourth-order valence-electron chi connectivity index (χ4n) is 1.88. The number of rotatable bonds is 7. The molecule has 1 N–H and O–H groups in total. The Morgan fingerprint density at radius 3 is 2.55 bits per heavy atom. The van der Waals surface area contributed by atoms with Crippen LogP contribution < -0.4 is 5.32 Å². The molecule has 1 heterocycles. The van der Waals surface area contributed by atoms with E-state index in [-0.39, 0.29) is 11.3 Å². The molecule has 0 aliphatic heterocycles. The first-order valence-corrected chi connectivity index (χ1v) is 7.58. The fraction of sp³-hybridized carbons (Fsp3) is 0.750. The van der Waals surface area contributed by atoms with Crippen LogP contribution in [0.15, 0.2) is 4.42 Å². The summed E-state index contributed by atoms with van der Waals surface area (Å²) in [6.07, 6.45) is 4.36. The molecule has 0 unspecified atom stereocenters. The third-order valence-corrected chi connectivity index (χ3v) is 3.19. The molecule has 0 aliphatic rings. The zero-order valence-electron chi connectivity index (χ0n) is 13.5. The van der Waals surface area contributed by atoms with Gasteiger partial charge in [0, 0.05) is 24.8 Å². The second-order valence-corrected chi connectivity index (χ2v) is 6.33. The van der Waals surface area contributed by atoms with E-state index in [1.54, 1.807) is 0 Å². The van der Waals surface area contributed by atoms with Crippen molar-refractivity contribution in [1.29, 1.82) is 0 Å². The maximum absolute atomic E-state index is 11.5. The summed E-state index contributed by atoms with van der Waals surface area (Å²) >= 11 is 0. The molecule has 0 bridgehead atoms. The second-order valence-electron chi connectivity index (χ2n) is 6.33. The van der Waals surface area contributed by atoms with Crippen molar-refractivity contribution >= 4 is 5.91 Å². The SMILES string of the molecule is CCCCC(=O)NCCCc1oc(C(C)(C)C)nc1C. The summed E-state index contributed by atoms with van der Waals surface area (Å²) in [5, 5.41) is 2.94. The van der Waals surface area contributed by atoms with E-state index in [0.29, 0.717) is 13.0 Å². The summed E-state index contributed by atoms with van der Waals surface area (Å²) in [6.45, 7) is 11.1. The van der Waals surface area contributed by atoms with Crippen LogP contribution in [0, 0.1) is 6.92 Å². The number of aryl methyl sites for hydroxylation is 2. The highest BCUT2D eigenvalue weighted by atomic mass is 16.4. The average molecular weight is 280 g/mol. The Labute approximate surface area is 122 Å². The van der Waals surface area contributed by atoms with Gasteiger partial charge in [-0.15, -0.1) is 0 Å². The van der Waals surface area contributed by atoms with E-state index in [9.17, 15) is 4.79 Å². The minimum absolute atomic E-state index is 0.0582. The van der Waals surface area contributed by atoms with Crippen molar-refractivity contribution in [2.45, 2.75) is 72.1 Å². The Balaban J connectivity index is 2.36. The molecule has 0 aromatic carbocycles. The Morgan fingerprint density at radius 1 is 1.30 bits per heavy atom. The third-order valence-electron chi connectivity index (χ3n) is 3.19. The van der Waals surface area contributed by atoms with Crippen LogP contribution in [0.5, 0.6) is 0 Å². The van der Waals surface area contributed by atoms with Crippen molar-refractivity contribution in [2.75, 3.05) is 6.54 Å². The quantitative estimate of drug-likeness (QED) is 0.777. The monoisotopic (exact) mass is 280 g/mol. The molecule has 1 amide bonds. The van der Waals surface area contributed by atoms with Crippen LogP contribution in [0.25, 0.3) is 0 Å². The largest absolute Gasteiger partial charge is 0.445 e. The molecule has 0 atom stereocenters. The maximum Gasteiger partial charge on any atom is 0.219 e. The molecule has 0 radical (unpaired) electrons. The van der Waals surface area contributed by atoms with E-state index in [1.165, 1.54) is 0 Å². The molecule has 0 fully saturated rings. The van der Waals surface area contributed by atoms with E-state index in [0.717, 1.165) is 43.0 Å². The van der Waals surface area contributed by atoms with E-state index in [1.807, 2.05) is 6.92 Å². The van der Waals surface area contributed by atoms with Gasteiger partial charge in [-0.2, -0.15) is 0 Å². The highest BCUT2D eigenvalue weighted by Gasteiger charge is 2.21. The molecule has 0 saturated heterocycles. The first-order valence-electron chi connectivity index (χ1n) is 7.58. The molecule has 1 aromatic heterocycles. The lowest BCUT2D eigenvalue weighted by molar-refractivity contribution is -0.121. The van der Waals surface area contributed by atoms with Crippen molar-refractivity contribution in [2.24, 2.45) is 0 Å². The van der Waals surface area contributed by atoms with E-state index in [4.69, 9.17) is 4.42 Å². The number of hydrogen-bond donors (Lipinski definition) is 1. The average Bonchev–Trinajstić information content (AvgIpc) is 2.73. The number of unbranched alkanes of at least 4 members (excludes halogenated alkanes) is 1. The van der Waals surface area contributed by atoms with Gasteiger partial charge in [0.05, 0.1) is 5.69 Å². The van der Waals surface area contributed by atoms with Crippen molar-refractivity contribution in [1.82, 2.24) is 10.3 Å². The van der Waals surface area contributed by atoms with Gasteiger partial charge in [0.1, 0.15) is 5.76 Å². The number of aromatic nitrogens is 1. The first-order chi connectivity index (χ1) is 9.34. The van der Waals surface area contributed by atoms with Gasteiger partial charge in [0.25, 0.3) is 0 Å². The molecule has 4 heteroatoms. The van der Waals surface area contributed by atoms with Crippen molar-refractivity contribution < 1.29 is 9.21 Å². The fourth-order valence-corrected chi connectivity index (χ4v) is 1.88. The maximum atomic E-state index is 11.5. The normalized spacial score (nSPS) is 11.7. The highest BCUT2D eigenvalue weighted by Crippen LogP contribution is 2.24. The summed E-state index contributed by atoms with van der Waals surface area (Å²) < 4.78 is 5.83. The molecule has 0 saturated carbocycles. The summed E-state index contributed by atoms with van der Waals surface area (Å²) in [7, 11) is 0. The molecular formula is C16H28N2O2. The van der Waals surface area contributed by atoms with Crippen LogP contribution in [-0.2, 0) is 16.6 Å². The van der Waals surface area contributed by atoms with Gasteiger partial charge in [0.2, 0.25) is 5.91 Å². The Kier molecular flexibility index (Phi) is 6.24. The first kappa shape index (κ1) is 16.7. The Hall–Kier alpha value is -1.32. The lowest BCUT2D eigenvalue weighted by Gasteiger charge is -2.12. The highest BCUT2D eigenvalue weighted by molar-refractivity contribution is 5.75. The second kappa shape index (κ2) is 7.46. The predicted octanol–water partition coefficient (Wildman–Crippen LogP) is 3.52. The minimum Gasteiger partial charge on any atom is -0.445 e.